The first-order valence-electron chi connectivity index (χ1n) is 7.84. The van der Waals surface area contributed by atoms with Crippen molar-refractivity contribution in [2.24, 2.45) is 5.92 Å². The van der Waals surface area contributed by atoms with Gasteiger partial charge in [0.2, 0.25) is 5.91 Å². The molecular weight excluding hydrogens is 326 g/mol. The molecule has 1 N–H and O–H groups in total. The summed E-state index contributed by atoms with van der Waals surface area (Å²) in [5.41, 5.74) is 1.01. The van der Waals surface area contributed by atoms with Gasteiger partial charge >= 0.3 is 5.88 Å². The van der Waals surface area contributed by atoms with Gasteiger partial charge in [0.05, 0.1) is 18.0 Å². The summed E-state index contributed by atoms with van der Waals surface area (Å²) >= 11 is 0. The average molecular weight is 343 g/mol. The van der Waals surface area contributed by atoms with Crippen molar-refractivity contribution in [2.45, 2.75) is 13.0 Å². The van der Waals surface area contributed by atoms with Crippen LogP contribution in [0.4, 0.5) is 5.88 Å². The molecule has 8 heteroatoms. The highest BCUT2D eigenvalue weighted by molar-refractivity contribution is 5.94. The fourth-order valence-corrected chi connectivity index (χ4v) is 2.66. The lowest BCUT2D eigenvalue weighted by atomic mass is 9.97. The molecule has 2 aromatic rings. The van der Waals surface area contributed by atoms with E-state index < -0.39 is 16.7 Å². The first-order valence-corrected chi connectivity index (χ1v) is 7.84. The van der Waals surface area contributed by atoms with Gasteiger partial charge in [0.25, 0.3) is 5.91 Å². The molecule has 8 nitrogen and oxygen atoms in total. The Morgan fingerprint density at radius 3 is 2.52 bits per heavy atom. The zero-order valence-electron chi connectivity index (χ0n) is 13.5. The second-order valence-electron chi connectivity index (χ2n) is 5.94. The van der Waals surface area contributed by atoms with E-state index in [1.54, 1.807) is 0 Å². The maximum atomic E-state index is 12.2. The van der Waals surface area contributed by atoms with Crippen molar-refractivity contribution < 1.29 is 18.9 Å². The molecule has 1 aromatic carbocycles. The molecule has 0 radical (unpaired) electrons. The third-order valence-electron chi connectivity index (χ3n) is 4.18. The van der Waals surface area contributed by atoms with Crippen molar-refractivity contribution in [3.8, 4) is 0 Å². The molecule has 1 aliphatic rings. The van der Waals surface area contributed by atoms with Gasteiger partial charge in [-0.05, 0) is 18.6 Å². The van der Waals surface area contributed by atoms with Crippen molar-refractivity contribution in [3.05, 3.63) is 63.9 Å². The number of nitrogens with one attached hydrogen (secondary N) is 1. The topological polar surface area (TPSA) is 106 Å². The lowest BCUT2D eigenvalue weighted by Gasteiger charge is -2.38. The van der Waals surface area contributed by atoms with E-state index in [2.05, 4.69) is 5.32 Å². The quantitative estimate of drug-likeness (QED) is 0.661. The smallest absolute Gasteiger partial charge is 0.395 e. The minimum Gasteiger partial charge on any atom is -0.395 e. The summed E-state index contributed by atoms with van der Waals surface area (Å²) in [4.78, 5) is 35.7. The molecule has 2 heterocycles. The largest absolute Gasteiger partial charge is 0.433 e. The number of carbonyl (C=O) groups is 2. The third-order valence-corrected chi connectivity index (χ3v) is 4.18. The zero-order chi connectivity index (χ0) is 18.0. The number of nitro groups is 1. The van der Waals surface area contributed by atoms with Gasteiger partial charge in [0, 0.05) is 13.1 Å². The first kappa shape index (κ1) is 16.7. The van der Waals surface area contributed by atoms with Crippen LogP contribution in [0.3, 0.4) is 0 Å². The summed E-state index contributed by atoms with van der Waals surface area (Å²) in [6.07, 6.45) is 0. The molecule has 2 amide bonds. The number of benzene rings is 1. The SMILES string of the molecule is CC(NC(=O)C1CN(C(=O)c2ccc([N+](=O)[O-])o2)C1)c1ccccc1. The minimum atomic E-state index is -0.700. The van der Waals surface area contributed by atoms with Crippen LogP contribution in [0.15, 0.2) is 46.9 Å². The van der Waals surface area contributed by atoms with Crippen molar-refractivity contribution in [2.75, 3.05) is 13.1 Å². The molecule has 3 rings (SSSR count). The van der Waals surface area contributed by atoms with Crippen LogP contribution in [0.25, 0.3) is 0 Å². The van der Waals surface area contributed by atoms with E-state index in [4.69, 9.17) is 4.42 Å². The molecule has 0 aliphatic carbocycles. The lowest BCUT2D eigenvalue weighted by Crippen LogP contribution is -2.55. The van der Waals surface area contributed by atoms with Gasteiger partial charge in [0.1, 0.15) is 4.92 Å². The Morgan fingerprint density at radius 1 is 1.24 bits per heavy atom. The number of rotatable bonds is 5. The summed E-state index contributed by atoms with van der Waals surface area (Å²) < 4.78 is 4.89. The normalized spacial score (nSPS) is 15.3. The van der Waals surface area contributed by atoms with Gasteiger partial charge in [-0.3, -0.25) is 19.7 Å². The molecule has 25 heavy (non-hydrogen) atoms. The van der Waals surface area contributed by atoms with E-state index >= 15 is 0 Å². The second-order valence-corrected chi connectivity index (χ2v) is 5.94. The molecule has 1 aromatic heterocycles. The molecular formula is C17H17N3O5. The molecule has 1 fully saturated rings. The summed E-state index contributed by atoms with van der Waals surface area (Å²) in [5.74, 6) is -1.43. The number of likely N-dealkylation sites (tertiary alicyclic amines) is 1. The number of carbonyl (C=O) groups excluding carboxylic acids is 2. The monoisotopic (exact) mass is 343 g/mol. The Kier molecular flexibility index (Phi) is 4.51. The van der Waals surface area contributed by atoms with Crippen LogP contribution < -0.4 is 5.32 Å². The van der Waals surface area contributed by atoms with Crippen LogP contribution in [0, 0.1) is 16.0 Å². The summed E-state index contributed by atoms with van der Waals surface area (Å²) in [5, 5.41) is 13.5. The van der Waals surface area contributed by atoms with Crippen LogP contribution in [0.5, 0.6) is 0 Å². The van der Waals surface area contributed by atoms with E-state index in [0.717, 1.165) is 11.6 Å². The maximum Gasteiger partial charge on any atom is 0.433 e. The Labute approximate surface area is 143 Å². The number of hydrogen-bond acceptors (Lipinski definition) is 5. The van der Waals surface area contributed by atoms with E-state index in [0.29, 0.717) is 0 Å². The number of furan rings is 1. The lowest BCUT2D eigenvalue weighted by molar-refractivity contribution is -0.402. The van der Waals surface area contributed by atoms with E-state index in [-0.39, 0.29) is 36.7 Å². The van der Waals surface area contributed by atoms with Crippen molar-refractivity contribution in [1.82, 2.24) is 10.2 Å². The molecule has 0 bridgehead atoms. The van der Waals surface area contributed by atoms with Gasteiger partial charge in [-0.15, -0.1) is 0 Å². The third kappa shape index (κ3) is 3.52. The second kappa shape index (κ2) is 6.76. The van der Waals surface area contributed by atoms with Gasteiger partial charge in [-0.25, -0.2) is 0 Å². The number of amides is 2. The molecule has 0 spiro atoms. The fraction of sp³-hybridized carbons (Fsp3) is 0.294. The van der Waals surface area contributed by atoms with Crippen LogP contribution in [-0.2, 0) is 4.79 Å². The number of hydrogen-bond donors (Lipinski definition) is 1. The predicted molar refractivity (Wildman–Crippen MR) is 87.8 cm³/mol. The van der Waals surface area contributed by atoms with Gasteiger partial charge in [-0.2, -0.15) is 0 Å². The van der Waals surface area contributed by atoms with Crippen LogP contribution in [-0.4, -0.2) is 34.7 Å². The van der Waals surface area contributed by atoms with Gasteiger partial charge in [-0.1, -0.05) is 30.3 Å². The summed E-state index contributed by atoms with van der Waals surface area (Å²) in [7, 11) is 0. The Morgan fingerprint density at radius 2 is 1.92 bits per heavy atom. The highest BCUT2D eigenvalue weighted by atomic mass is 16.6. The first-order chi connectivity index (χ1) is 12.0. The number of nitrogens with zero attached hydrogens (tertiary/aromatic N) is 2. The highest BCUT2D eigenvalue weighted by Crippen LogP contribution is 2.23. The van der Waals surface area contributed by atoms with Gasteiger partial charge < -0.3 is 14.6 Å². The molecule has 0 saturated carbocycles. The van der Waals surface area contributed by atoms with Crippen LogP contribution in [0.1, 0.15) is 29.1 Å². The summed E-state index contributed by atoms with van der Waals surface area (Å²) in [6, 6.07) is 11.9. The zero-order valence-corrected chi connectivity index (χ0v) is 13.5. The predicted octanol–water partition coefficient (Wildman–Crippen LogP) is 2.14. The summed E-state index contributed by atoms with van der Waals surface area (Å²) in [6.45, 7) is 2.43. The molecule has 1 unspecified atom stereocenters. The fourth-order valence-electron chi connectivity index (χ4n) is 2.66. The van der Waals surface area contributed by atoms with E-state index in [1.165, 1.54) is 11.0 Å². The Hall–Kier alpha value is -3.16. The molecule has 1 aliphatic heterocycles. The molecule has 130 valence electrons. The molecule has 1 saturated heterocycles. The van der Waals surface area contributed by atoms with Crippen LogP contribution >= 0.6 is 0 Å². The average Bonchev–Trinajstić information content (AvgIpc) is 3.04. The minimum absolute atomic E-state index is 0.0942. The highest BCUT2D eigenvalue weighted by Gasteiger charge is 2.37. The Bertz CT molecular complexity index is 796. The van der Waals surface area contributed by atoms with E-state index in [1.807, 2.05) is 37.3 Å². The van der Waals surface area contributed by atoms with Gasteiger partial charge in [0.15, 0.2) is 5.76 Å². The van der Waals surface area contributed by atoms with Crippen LogP contribution in [0.2, 0.25) is 0 Å². The van der Waals surface area contributed by atoms with Crippen molar-refractivity contribution in [1.29, 1.82) is 0 Å². The maximum absolute atomic E-state index is 12.2. The Balaban J connectivity index is 1.52. The van der Waals surface area contributed by atoms with Crippen molar-refractivity contribution in [3.63, 3.8) is 0 Å². The van der Waals surface area contributed by atoms with E-state index in [9.17, 15) is 19.7 Å². The molecule has 1 atom stereocenters. The van der Waals surface area contributed by atoms with Crippen molar-refractivity contribution >= 4 is 17.7 Å². The standard InChI is InChI=1S/C17H17N3O5/c1-11(12-5-3-2-4-6-12)18-16(21)13-9-19(10-13)17(22)14-7-8-15(25-14)20(23)24/h2-8,11,13H,9-10H2,1H3,(H,18,21).